The summed E-state index contributed by atoms with van der Waals surface area (Å²) in [5.74, 6) is -2.16. The smallest absolute Gasteiger partial charge is 0.529 e. The second-order valence-corrected chi connectivity index (χ2v) is 10.8. The highest BCUT2D eigenvalue weighted by Gasteiger charge is 2.56. The molecule has 9 atom stereocenters. The zero-order chi connectivity index (χ0) is 32.2. The van der Waals surface area contributed by atoms with Crippen molar-refractivity contribution in [3.63, 3.8) is 0 Å². The van der Waals surface area contributed by atoms with Crippen molar-refractivity contribution in [2.75, 3.05) is 13.2 Å². The standard InChI is InChI=1S/C12H20O26S5/c13-1-3-6(31-42(19,20)21)5(4(26-3)2-25-39-36-33-16)27-12-10(32-43(22,23)24)8(30-41-38-35-18)7(29-40-37-34-17)9(28-12)11(14)15/h3-10,12-13,16-18H,1-2H2,(H,14,15)(H,19,20,21)(H,22,23,24)/p-4. The van der Waals surface area contributed by atoms with Crippen molar-refractivity contribution < 1.29 is 120 Å². The Balaban J connectivity index is 2.54. The van der Waals surface area contributed by atoms with Crippen LogP contribution in [-0.2, 0) is 88.8 Å². The van der Waals surface area contributed by atoms with E-state index in [9.17, 15) is 52.2 Å². The van der Waals surface area contributed by atoms with Gasteiger partial charge in [-0.1, -0.05) is 0 Å². The number of carbonyl (C=O) groups excluding carboxylic acids is 1. The van der Waals surface area contributed by atoms with Gasteiger partial charge in [-0.25, -0.2) is 8.42 Å². The Bertz CT molecular complexity index is 1040. The van der Waals surface area contributed by atoms with Crippen molar-refractivity contribution in [3.8, 4) is 0 Å². The molecule has 2 aliphatic heterocycles. The molecule has 0 aromatic heterocycles. The Morgan fingerprint density at radius 3 is 1.91 bits per heavy atom. The van der Waals surface area contributed by atoms with Gasteiger partial charge in [0.15, 0.2) is 49.4 Å². The van der Waals surface area contributed by atoms with Gasteiger partial charge in [-0.15, -0.1) is 21.4 Å². The minimum atomic E-state index is -5.61. The second kappa shape index (κ2) is 18.7. The van der Waals surface area contributed by atoms with E-state index in [0.29, 0.717) is 0 Å². The van der Waals surface area contributed by atoms with Gasteiger partial charge in [0.25, 0.3) is 0 Å². The quantitative estimate of drug-likeness (QED) is 0.0217. The molecule has 26 nitrogen and oxygen atoms in total. The van der Waals surface area contributed by atoms with Crippen molar-refractivity contribution in [1.82, 2.24) is 0 Å². The number of hydrogen-bond donors (Lipinski definition) is 1. The molecule has 0 spiro atoms. The molecule has 31 heteroatoms. The van der Waals surface area contributed by atoms with E-state index in [1.165, 1.54) is 0 Å². The van der Waals surface area contributed by atoms with Crippen LogP contribution < -0.4 is 20.9 Å². The summed E-state index contributed by atoms with van der Waals surface area (Å²) < 4.78 is 116. The largest absolute Gasteiger partial charge is 0.726 e. The molecule has 2 saturated heterocycles. The van der Waals surface area contributed by atoms with E-state index in [1.54, 1.807) is 0 Å². The fourth-order valence-corrected chi connectivity index (χ4v) is 5.47. The number of rotatable bonds is 21. The lowest BCUT2D eigenvalue weighted by Crippen LogP contribution is -2.65. The first-order valence-electron chi connectivity index (χ1n) is 10.2. The van der Waals surface area contributed by atoms with Crippen molar-refractivity contribution in [1.29, 1.82) is 0 Å². The summed E-state index contributed by atoms with van der Waals surface area (Å²) in [6.45, 7) is -1.83. The van der Waals surface area contributed by atoms with Crippen LogP contribution in [0, 0.1) is 0 Å². The van der Waals surface area contributed by atoms with Crippen LogP contribution in [0.25, 0.3) is 0 Å². The molecular formula is C12H16O26S5-4. The summed E-state index contributed by atoms with van der Waals surface area (Å²) in [6, 6.07) is 0. The molecule has 0 aromatic rings. The lowest BCUT2D eigenvalue weighted by atomic mass is 9.98. The van der Waals surface area contributed by atoms with Crippen LogP contribution in [-0.4, -0.2) is 105 Å². The zero-order valence-corrected chi connectivity index (χ0v) is 24.0. The third-order valence-corrected chi connectivity index (χ3v) is 6.92. The van der Waals surface area contributed by atoms with Gasteiger partial charge in [-0.3, -0.25) is 31.8 Å². The Morgan fingerprint density at radius 1 is 0.814 bits per heavy atom. The monoisotopic (exact) mass is 736 g/mol. The van der Waals surface area contributed by atoms with Crippen molar-refractivity contribution in [3.05, 3.63) is 0 Å². The van der Waals surface area contributed by atoms with Gasteiger partial charge in [0.1, 0.15) is 42.7 Å². The molecule has 2 fully saturated rings. The van der Waals surface area contributed by atoms with Crippen LogP contribution in [0.5, 0.6) is 0 Å². The lowest BCUT2D eigenvalue weighted by Gasteiger charge is -2.44. The molecule has 0 saturated carbocycles. The molecule has 9 unspecified atom stereocenters. The van der Waals surface area contributed by atoms with Crippen LogP contribution >= 0.6 is 37.0 Å². The van der Waals surface area contributed by atoms with Crippen LogP contribution in [0.3, 0.4) is 0 Å². The average Bonchev–Trinajstić information content (AvgIpc) is 3.22. The van der Waals surface area contributed by atoms with Crippen LogP contribution in [0.4, 0.5) is 0 Å². The van der Waals surface area contributed by atoms with Crippen LogP contribution in [0.1, 0.15) is 0 Å². The number of carbonyl (C=O) groups is 1. The van der Waals surface area contributed by atoms with E-state index in [-0.39, 0.29) is 37.0 Å². The lowest BCUT2D eigenvalue weighted by molar-refractivity contribution is -0.778. The molecule has 2 rings (SSSR count). The summed E-state index contributed by atoms with van der Waals surface area (Å²) in [6.07, 6.45) is -19.1. The van der Waals surface area contributed by atoms with Crippen molar-refractivity contribution in [2.24, 2.45) is 0 Å². The fraction of sp³-hybridized carbons (Fsp3) is 0.917. The molecule has 0 aromatic carbocycles. The Labute approximate surface area is 251 Å². The van der Waals surface area contributed by atoms with Crippen molar-refractivity contribution >= 4 is 63.7 Å². The van der Waals surface area contributed by atoms with E-state index in [4.69, 9.17) is 31.3 Å². The molecule has 0 aliphatic carbocycles. The summed E-state index contributed by atoms with van der Waals surface area (Å²) in [5, 5.41) is 60.9. The van der Waals surface area contributed by atoms with Gasteiger partial charge >= 0.3 is 10.4 Å². The van der Waals surface area contributed by atoms with E-state index < -0.39 is 95.1 Å². The van der Waals surface area contributed by atoms with Gasteiger partial charge in [-0.05, 0) is 0 Å². The molecule has 2 aliphatic rings. The van der Waals surface area contributed by atoms with E-state index in [1.807, 2.05) is 0 Å². The summed E-state index contributed by atoms with van der Waals surface area (Å²) in [4.78, 5) is 11.9. The predicted octanol–water partition coefficient (Wildman–Crippen LogP) is -8.05. The van der Waals surface area contributed by atoms with Crippen molar-refractivity contribution in [2.45, 2.75) is 55.1 Å². The van der Waals surface area contributed by atoms with Crippen LogP contribution in [0.15, 0.2) is 0 Å². The summed E-state index contributed by atoms with van der Waals surface area (Å²) >= 11 is -0.819. The van der Waals surface area contributed by atoms with E-state index in [2.05, 4.69) is 36.5 Å². The highest BCUT2D eigenvalue weighted by molar-refractivity contribution is 7.90. The number of carboxylic acid groups (broad SMARTS) is 1. The average molecular weight is 737 g/mol. The molecule has 0 radical (unpaired) electrons. The summed E-state index contributed by atoms with van der Waals surface area (Å²) in [7, 11) is -10.9. The Hall–Kier alpha value is -0.380. The number of aliphatic carboxylic acids is 1. The first-order chi connectivity index (χ1) is 20.3. The minimum absolute atomic E-state index is 0.0913. The number of aliphatic hydroxyl groups is 1. The number of ether oxygens (including phenoxy) is 3. The van der Waals surface area contributed by atoms with Crippen LogP contribution in [0.2, 0.25) is 0 Å². The maximum atomic E-state index is 11.9. The maximum absolute atomic E-state index is 11.9. The maximum Gasteiger partial charge on any atom is 0.529 e. The summed E-state index contributed by atoms with van der Waals surface area (Å²) in [5.41, 5.74) is 0. The van der Waals surface area contributed by atoms with E-state index >= 15 is 0 Å². The van der Waals surface area contributed by atoms with Gasteiger partial charge < -0.3 is 54.1 Å². The number of carboxylic acids is 1. The molecule has 0 bridgehead atoms. The second-order valence-electron chi connectivity index (χ2n) is 7.24. The molecular weight excluding hydrogens is 720 g/mol. The van der Waals surface area contributed by atoms with E-state index in [0.717, 1.165) is 0 Å². The van der Waals surface area contributed by atoms with Gasteiger partial charge in [0.05, 0.1) is 19.2 Å². The van der Waals surface area contributed by atoms with Gasteiger partial charge in [0, 0.05) is 0 Å². The predicted molar refractivity (Wildman–Crippen MR) is 111 cm³/mol. The number of aliphatic hydroxyl groups excluding tert-OH is 1. The third kappa shape index (κ3) is 12.7. The molecule has 254 valence electrons. The third-order valence-electron chi connectivity index (χ3n) is 4.82. The molecule has 0 amide bonds. The highest BCUT2D eigenvalue weighted by Crippen LogP contribution is 2.37. The van der Waals surface area contributed by atoms with Gasteiger partial charge in [-0.2, -0.15) is 4.18 Å². The first kappa shape index (κ1) is 38.8. The van der Waals surface area contributed by atoms with Gasteiger partial charge in [0.2, 0.25) is 10.4 Å². The zero-order valence-electron chi connectivity index (χ0n) is 19.9. The normalized spacial score (nSPS) is 31.8. The molecule has 43 heavy (non-hydrogen) atoms. The SMILES string of the molecule is O=C([O-])C1OC(OC2C(COSOO[O-])OC(CO)C2OS(=O)(=O)[O-])C(OS(=O)(=O)[OH2+])C(OSOO[O-])C1OSOO[O-]. The Morgan fingerprint density at radius 2 is 1.40 bits per heavy atom. The molecule has 3 N–H and O–H groups in total. The topological polar surface area (TPSA) is 373 Å². The fourth-order valence-electron chi connectivity index (χ4n) is 3.50. The number of hydrogen-bond acceptors (Lipinski definition) is 28. The highest BCUT2D eigenvalue weighted by atomic mass is 32.3. The minimum Gasteiger partial charge on any atom is -0.726 e. The Kier molecular flexibility index (Phi) is 16.9. The molecule has 2 heterocycles. The first-order valence-corrected chi connectivity index (χ1v) is 14.9.